The number of carbonyl (C=O) groups excluding carboxylic acids is 5. The number of piperazine rings is 1. The number of hydrogen-bond acceptors (Lipinski definition) is 12. The number of carbonyl (C=O) groups is 5. The second kappa shape index (κ2) is 18.1. The van der Waals surface area contributed by atoms with Crippen molar-refractivity contribution in [2.45, 2.75) is 102 Å². The Bertz CT molecular complexity index is 2780. The van der Waals surface area contributed by atoms with Crippen molar-refractivity contribution in [1.29, 1.82) is 0 Å². The molecule has 0 aliphatic carbocycles. The molecule has 7 heterocycles. The van der Waals surface area contributed by atoms with Gasteiger partial charge in [-0.05, 0) is 99.5 Å². The van der Waals surface area contributed by atoms with Crippen LogP contribution in [0.15, 0.2) is 72.5 Å². The first kappa shape index (κ1) is 45.1. The van der Waals surface area contributed by atoms with Crippen molar-refractivity contribution in [1.82, 2.24) is 29.7 Å². The fraction of sp³-hybridized carbons (Fsp3) is 0.408. The second-order valence-electron chi connectivity index (χ2n) is 18.7. The average molecular weight is 947 g/mol. The monoisotopic (exact) mass is 946 g/mol. The van der Waals surface area contributed by atoms with Crippen molar-refractivity contribution in [3.8, 4) is 11.1 Å². The Morgan fingerprint density at radius 1 is 0.926 bits per heavy atom. The number of aromatic nitrogens is 3. The zero-order valence-corrected chi connectivity index (χ0v) is 38.5. The maximum atomic E-state index is 16.0. The Morgan fingerprint density at radius 3 is 2.40 bits per heavy atom. The highest BCUT2D eigenvalue weighted by Crippen LogP contribution is 2.40. The molecule has 0 spiro atoms. The number of aliphatic hydroxyl groups is 1. The molecule has 5 atom stereocenters. The fourth-order valence-electron chi connectivity index (χ4n) is 10.9. The van der Waals surface area contributed by atoms with Crippen molar-refractivity contribution in [3.05, 3.63) is 107 Å². The highest BCUT2D eigenvalue weighted by molar-refractivity contribution is 7.13. The first-order valence-corrected chi connectivity index (χ1v) is 24.0. The van der Waals surface area contributed by atoms with Crippen LogP contribution in [0.5, 0.6) is 0 Å². The van der Waals surface area contributed by atoms with Crippen LogP contribution in [0.3, 0.4) is 0 Å². The summed E-state index contributed by atoms with van der Waals surface area (Å²) in [5.41, 5.74) is 3.49. The SMILES string of the molecule is C[C@@H]1CC(O)(CC(=O)N2CCN(c3ccc(-c4cc(F)c5c(c4)C(=O)N(C(C(=O)Nc4nccs4)c4ncn6c4CCC6)C5)cc3)CC2)C[C@H](C)N1c1ccc(NC2CCC(=O)NC2=O)cc1F. The van der Waals surface area contributed by atoms with Gasteiger partial charge in [-0.1, -0.05) is 12.1 Å². The zero-order valence-electron chi connectivity index (χ0n) is 37.7. The van der Waals surface area contributed by atoms with Crippen LogP contribution >= 0.6 is 11.3 Å². The average Bonchev–Trinajstić information content (AvgIpc) is 4.13. The number of imidazole rings is 1. The van der Waals surface area contributed by atoms with Crippen LogP contribution in [0.4, 0.5) is 31.0 Å². The minimum Gasteiger partial charge on any atom is -0.389 e. The normalized spacial score (nSPS) is 23.1. The third-order valence-corrected chi connectivity index (χ3v) is 14.8. The van der Waals surface area contributed by atoms with Gasteiger partial charge in [-0.15, -0.1) is 11.3 Å². The number of imide groups is 1. The lowest BCUT2D eigenvalue weighted by Crippen LogP contribution is -2.56. The number of benzene rings is 3. The van der Waals surface area contributed by atoms with Gasteiger partial charge in [0, 0.05) is 91.0 Å². The summed E-state index contributed by atoms with van der Waals surface area (Å²) in [6.07, 6.45) is 5.91. The number of amides is 5. The molecule has 5 aliphatic rings. The first-order chi connectivity index (χ1) is 32.7. The molecule has 5 aromatic rings. The van der Waals surface area contributed by atoms with Gasteiger partial charge in [-0.3, -0.25) is 34.6 Å². The lowest BCUT2D eigenvalue weighted by atomic mass is 9.80. The Labute approximate surface area is 395 Å². The van der Waals surface area contributed by atoms with Gasteiger partial charge in [-0.2, -0.15) is 0 Å². The predicted octanol–water partition coefficient (Wildman–Crippen LogP) is 5.63. The van der Waals surface area contributed by atoms with E-state index in [1.807, 2.05) is 47.6 Å². The first-order valence-electron chi connectivity index (χ1n) is 23.1. The molecule has 0 bridgehead atoms. The van der Waals surface area contributed by atoms with E-state index >= 15 is 8.78 Å². The largest absolute Gasteiger partial charge is 0.389 e. The zero-order chi connectivity index (χ0) is 47.4. The summed E-state index contributed by atoms with van der Waals surface area (Å²) in [5.74, 6) is -2.84. The number of nitrogens with one attached hydrogen (secondary N) is 3. The molecule has 68 heavy (non-hydrogen) atoms. The van der Waals surface area contributed by atoms with Crippen LogP contribution in [0.2, 0.25) is 0 Å². The van der Waals surface area contributed by atoms with E-state index in [0.717, 1.165) is 30.8 Å². The molecule has 5 amide bonds. The van der Waals surface area contributed by atoms with E-state index in [4.69, 9.17) is 0 Å². The number of fused-ring (bicyclic) bond motifs is 2. The van der Waals surface area contributed by atoms with Gasteiger partial charge in [0.2, 0.25) is 17.7 Å². The summed E-state index contributed by atoms with van der Waals surface area (Å²) in [6.45, 7) is 6.55. The molecule has 3 fully saturated rings. The van der Waals surface area contributed by atoms with Gasteiger partial charge in [0.15, 0.2) is 11.2 Å². The minimum atomic E-state index is -1.28. The second-order valence-corrected chi connectivity index (χ2v) is 19.6. The van der Waals surface area contributed by atoms with Gasteiger partial charge in [0.05, 0.1) is 36.3 Å². The molecular weight excluding hydrogens is 895 g/mol. The molecule has 3 saturated heterocycles. The minimum absolute atomic E-state index is 0.0506. The third kappa shape index (κ3) is 8.68. The van der Waals surface area contributed by atoms with E-state index in [2.05, 4.69) is 30.8 Å². The van der Waals surface area contributed by atoms with E-state index in [9.17, 15) is 29.1 Å². The quantitative estimate of drug-likeness (QED) is 0.120. The molecule has 354 valence electrons. The third-order valence-electron chi connectivity index (χ3n) is 14.1. The van der Waals surface area contributed by atoms with Crippen LogP contribution in [-0.4, -0.2) is 109 Å². The van der Waals surface area contributed by atoms with Crippen LogP contribution < -0.4 is 25.8 Å². The van der Waals surface area contributed by atoms with E-state index < -0.39 is 47.0 Å². The predicted molar refractivity (Wildman–Crippen MR) is 251 cm³/mol. The Kier molecular flexibility index (Phi) is 12.0. The summed E-state index contributed by atoms with van der Waals surface area (Å²) in [4.78, 5) is 81.5. The number of aryl methyl sites for hydroxylation is 1. The molecule has 16 nitrogen and oxygen atoms in total. The number of rotatable bonds is 11. The smallest absolute Gasteiger partial charge is 0.255 e. The molecule has 0 saturated carbocycles. The molecule has 19 heteroatoms. The maximum absolute atomic E-state index is 16.0. The van der Waals surface area contributed by atoms with E-state index in [1.165, 1.54) is 28.4 Å². The van der Waals surface area contributed by atoms with Gasteiger partial charge in [0.25, 0.3) is 11.8 Å². The van der Waals surface area contributed by atoms with E-state index in [1.54, 1.807) is 41.0 Å². The highest BCUT2D eigenvalue weighted by atomic mass is 32.1. The van der Waals surface area contributed by atoms with Crippen molar-refractivity contribution in [3.63, 3.8) is 0 Å². The van der Waals surface area contributed by atoms with Crippen molar-refractivity contribution in [2.24, 2.45) is 0 Å². The molecule has 4 N–H and O–H groups in total. The van der Waals surface area contributed by atoms with Crippen LogP contribution in [-0.2, 0) is 38.7 Å². The molecule has 3 aromatic carbocycles. The maximum Gasteiger partial charge on any atom is 0.255 e. The molecular formula is C49H52F2N10O6S. The summed E-state index contributed by atoms with van der Waals surface area (Å²) in [6, 6.07) is 13.2. The van der Waals surface area contributed by atoms with Crippen LogP contribution in [0.1, 0.15) is 85.7 Å². The summed E-state index contributed by atoms with van der Waals surface area (Å²) in [7, 11) is 0. The Hall–Kier alpha value is -6.73. The number of thiazole rings is 1. The Morgan fingerprint density at radius 2 is 1.69 bits per heavy atom. The van der Waals surface area contributed by atoms with Gasteiger partial charge in [-0.25, -0.2) is 18.7 Å². The number of hydrogen-bond donors (Lipinski definition) is 4. The summed E-state index contributed by atoms with van der Waals surface area (Å²) in [5, 5.41) is 22.1. The van der Waals surface area contributed by atoms with Crippen molar-refractivity contribution < 1.29 is 37.9 Å². The Balaban J connectivity index is 0.750. The van der Waals surface area contributed by atoms with E-state index in [0.29, 0.717) is 65.9 Å². The van der Waals surface area contributed by atoms with Crippen molar-refractivity contribution in [2.75, 3.05) is 46.6 Å². The van der Waals surface area contributed by atoms with Crippen molar-refractivity contribution >= 4 is 63.1 Å². The van der Waals surface area contributed by atoms with Crippen LogP contribution in [0.25, 0.3) is 11.1 Å². The topological polar surface area (TPSA) is 185 Å². The highest BCUT2D eigenvalue weighted by Gasteiger charge is 2.45. The number of halogens is 2. The number of anilines is 4. The fourth-order valence-corrected chi connectivity index (χ4v) is 11.4. The lowest BCUT2D eigenvalue weighted by Gasteiger charge is -2.48. The molecule has 2 aromatic heterocycles. The number of piperidine rings is 2. The summed E-state index contributed by atoms with van der Waals surface area (Å²) >= 11 is 1.26. The molecule has 3 unspecified atom stereocenters. The standard InChI is InChI=1S/C49H52F2N10O6S/c1-28-23-49(67,24-29(2)61(28)39-11-7-32(22-37(39)51)54-38-10-12-41(62)55-45(38)64)25-42(63)58-17-15-57(16-18-58)33-8-5-30(6-9-33)31-20-34-35(36(50)21-31)26-60(47(34)66)44(46(65)56-48-52-13-19-68-48)43-40-4-3-14-59(40)27-53-43/h5-9,11,13,19-22,27-29,38,44,54,67H,3-4,10,12,14-18,23-26H2,1-2H3,(H,52,56,65)(H,55,62,64)/t28-,29+,38?,44?,49?. The van der Waals surface area contributed by atoms with Gasteiger partial charge < -0.3 is 34.6 Å². The molecule has 5 aliphatic heterocycles. The molecule has 0 radical (unpaired) electrons. The lowest BCUT2D eigenvalue weighted by molar-refractivity contribution is -0.138. The van der Waals surface area contributed by atoms with Gasteiger partial charge >= 0.3 is 0 Å². The van der Waals surface area contributed by atoms with Gasteiger partial charge in [0.1, 0.15) is 17.7 Å². The number of nitrogens with zero attached hydrogens (tertiary/aromatic N) is 7. The van der Waals surface area contributed by atoms with Crippen LogP contribution in [0, 0.1) is 11.6 Å². The van der Waals surface area contributed by atoms with E-state index in [-0.39, 0.29) is 67.3 Å². The summed E-state index contributed by atoms with van der Waals surface area (Å²) < 4.78 is 33.6. The molecule has 10 rings (SSSR count).